The molecule has 0 saturated carbocycles. The second-order valence-corrected chi connectivity index (χ2v) is 9.69. The summed E-state index contributed by atoms with van der Waals surface area (Å²) < 4.78 is 5.38. The lowest BCUT2D eigenvalue weighted by molar-refractivity contribution is -0.144. The number of amides is 3. The van der Waals surface area contributed by atoms with Crippen molar-refractivity contribution in [1.82, 2.24) is 15.5 Å². The van der Waals surface area contributed by atoms with E-state index in [-0.39, 0.29) is 25.0 Å². The minimum absolute atomic E-state index is 0.0774. The lowest BCUT2D eigenvalue weighted by Crippen LogP contribution is -2.55. The molecule has 0 fully saturated rings. The van der Waals surface area contributed by atoms with Gasteiger partial charge in [-0.2, -0.15) is 0 Å². The van der Waals surface area contributed by atoms with Gasteiger partial charge in [0.05, 0.1) is 6.61 Å². The third-order valence-corrected chi connectivity index (χ3v) is 5.63. The maximum absolute atomic E-state index is 13.9. The molecule has 0 radical (unpaired) electrons. The van der Waals surface area contributed by atoms with Crippen LogP contribution >= 0.6 is 0 Å². The smallest absolute Gasteiger partial charge is 0.408 e. The van der Waals surface area contributed by atoms with Crippen LogP contribution in [0.15, 0.2) is 30.8 Å². The molecule has 1 aromatic rings. The van der Waals surface area contributed by atoms with Gasteiger partial charge in [-0.1, -0.05) is 64.5 Å². The van der Waals surface area contributed by atoms with E-state index in [1.54, 1.807) is 45.0 Å². The number of nitrogens with zero attached hydrogens (tertiary/aromatic N) is 1. The summed E-state index contributed by atoms with van der Waals surface area (Å²) in [6.45, 7) is 14.9. The summed E-state index contributed by atoms with van der Waals surface area (Å²) in [4.78, 5) is 41.2. The maximum atomic E-state index is 13.9. The van der Waals surface area contributed by atoms with Crippen molar-refractivity contribution in [3.8, 4) is 0 Å². The first-order valence-electron chi connectivity index (χ1n) is 12.4. The molecule has 0 aromatic heterocycles. The monoisotopic (exact) mass is 489 g/mol. The summed E-state index contributed by atoms with van der Waals surface area (Å²) >= 11 is 0. The fraction of sp³-hybridized carbons (Fsp3) is 0.593. The summed E-state index contributed by atoms with van der Waals surface area (Å²) in [7, 11) is 0. The Morgan fingerprint density at radius 1 is 1.23 bits per heavy atom. The van der Waals surface area contributed by atoms with E-state index in [1.165, 1.54) is 4.90 Å². The van der Waals surface area contributed by atoms with Crippen molar-refractivity contribution in [2.75, 3.05) is 19.7 Å². The van der Waals surface area contributed by atoms with Crippen molar-refractivity contribution in [3.05, 3.63) is 42.0 Å². The highest BCUT2D eigenvalue weighted by atomic mass is 16.6. The van der Waals surface area contributed by atoms with E-state index in [2.05, 4.69) is 17.2 Å². The summed E-state index contributed by atoms with van der Waals surface area (Å²) in [5.41, 5.74) is 0.666. The van der Waals surface area contributed by atoms with E-state index in [0.29, 0.717) is 18.5 Å². The van der Waals surface area contributed by atoms with Crippen LogP contribution in [0.4, 0.5) is 4.79 Å². The van der Waals surface area contributed by atoms with Crippen molar-refractivity contribution in [2.24, 2.45) is 5.92 Å². The lowest BCUT2D eigenvalue weighted by Gasteiger charge is -2.35. The summed E-state index contributed by atoms with van der Waals surface area (Å²) in [6.07, 6.45) is 3.27. The largest absolute Gasteiger partial charge is 0.444 e. The van der Waals surface area contributed by atoms with E-state index in [4.69, 9.17) is 4.74 Å². The molecule has 3 N–H and O–H groups in total. The second-order valence-electron chi connectivity index (χ2n) is 9.69. The van der Waals surface area contributed by atoms with Gasteiger partial charge in [0.15, 0.2) is 0 Å². The molecule has 0 aliphatic carbocycles. The Balaban J connectivity index is 3.45. The van der Waals surface area contributed by atoms with Crippen LogP contribution in [0.2, 0.25) is 0 Å². The number of ether oxygens (including phenoxy) is 1. The molecular formula is C27H43N3O5. The number of alkyl carbamates (subject to hydrolysis) is 1. The van der Waals surface area contributed by atoms with Gasteiger partial charge in [0.25, 0.3) is 0 Å². The second kappa shape index (κ2) is 14.5. The normalized spacial score (nSPS) is 13.8. The fourth-order valence-corrected chi connectivity index (χ4v) is 3.58. The van der Waals surface area contributed by atoms with Crippen LogP contribution in [-0.2, 0) is 14.3 Å². The van der Waals surface area contributed by atoms with E-state index in [0.717, 1.165) is 18.4 Å². The Labute approximate surface area is 210 Å². The van der Waals surface area contributed by atoms with Gasteiger partial charge in [-0.15, -0.1) is 0 Å². The Bertz CT molecular complexity index is 849. The molecule has 0 aliphatic rings. The molecule has 3 atom stereocenters. The standard InChI is InChI=1S/C27H43N3O5/c1-8-11-15-28-24(32)23(21-14-12-13-20(10-3)18-21)30(16-17-31)25(33)22(19(4)9-2)29-26(34)35-27(5,6)7/h10,12-14,18-19,22-23,31H,3,8-9,11,15-17H2,1-2,4-7H3,(H,28,32)(H,29,34). The zero-order valence-electron chi connectivity index (χ0n) is 22.1. The Morgan fingerprint density at radius 3 is 2.46 bits per heavy atom. The van der Waals surface area contributed by atoms with Crippen LogP contribution in [0, 0.1) is 5.92 Å². The predicted octanol–water partition coefficient (Wildman–Crippen LogP) is 4.05. The number of nitrogens with one attached hydrogen (secondary N) is 2. The van der Waals surface area contributed by atoms with Gasteiger partial charge in [-0.05, 0) is 50.3 Å². The first kappa shape index (κ1) is 30.2. The summed E-state index contributed by atoms with van der Waals surface area (Å²) in [5.74, 6) is -1.04. The number of aliphatic hydroxyl groups excluding tert-OH is 1. The van der Waals surface area contributed by atoms with Gasteiger partial charge in [-0.25, -0.2) is 4.79 Å². The average molecular weight is 490 g/mol. The molecule has 8 heteroatoms. The number of unbranched alkanes of at least 4 members (excludes halogenated alkanes) is 1. The van der Waals surface area contributed by atoms with Crippen molar-refractivity contribution < 1.29 is 24.2 Å². The van der Waals surface area contributed by atoms with Gasteiger partial charge in [0.1, 0.15) is 17.7 Å². The topological polar surface area (TPSA) is 108 Å². The van der Waals surface area contributed by atoms with Gasteiger partial charge in [0, 0.05) is 13.1 Å². The zero-order valence-corrected chi connectivity index (χ0v) is 22.1. The molecule has 0 aliphatic heterocycles. The first-order valence-corrected chi connectivity index (χ1v) is 12.4. The summed E-state index contributed by atoms with van der Waals surface area (Å²) in [6, 6.07) is 5.30. The van der Waals surface area contributed by atoms with E-state index >= 15 is 0 Å². The SMILES string of the molecule is C=Cc1cccc(C(C(=O)NCCCC)N(CCO)C(=O)C(NC(=O)OC(C)(C)C)C(C)CC)c1. The quantitative estimate of drug-likeness (QED) is 0.362. The molecule has 1 rings (SSSR count). The Hall–Kier alpha value is -2.87. The van der Waals surface area contributed by atoms with E-state index in [9.17, 15) is 19.5 Å². The highest BCUT2D eigenvalue weighted by molar-refractivity contribution is 5.92. The highest BCUT2D eigenvalue weighted by Crippen LogP contribution is 2.25. The molecule has 0 bridgehead atoms. The van der Waals surface area contributed by atoms with E-state index in [1.807, 2.05) is 26.8 Å². The fourth-order valence-electron chi connectivity index (χ4n) is 3.58. The highest BCUT2D eigenvalue weighted by Gasteiger charge is 2.37. The van der Waals surface area contributed by atoms with Crippen LogP contribution in [0.3, 0.4) is 0 Å². The molecule has 0 spiro atoms. The number of carbonyl (C=O) groups excluding carboxylic acids is 3. The van der Waals surface area contributed by atoms with E-state index < -0.39 is 29.7 Å². The van der Waals surface area contributed by atoms with Gasteiger partial charge < -0.3 is 25.4 Å². The van der Waals surface area contributed by atoms with Crippen molar-refractivity contribution in [3.63, 3.8) is 0 Å². The van der Waals surface area contributed by atoms with Crippen molar-refractivity contribution >= 4 is 24.0 Å². The van der Waals surface area contributed by atoms with Crippen molar-refractivity contribution in [1.29, 1.82) is 0 Å². The minimum Gasteiger partial charge on any atom is -0.444 e. The number of hydrogen-bond acceptors (Lipinski definition) is 5. The van der Waals surface area contributed by atoms with Crippen LogP contribution in [0.5, 0.6) is 0 Å². The number of aliphatic hydroxyl groups is 1. The summed E-state index contributed by atoms with van der Waals surface area (Å²) in [5, 5.41) is 15.5. The maximum Gasteiger partial charge on any atom is 0.408 e. The number of rotatable bonds is 13. The molecule has 3 amide bonds. The lowest BCUT2D eigenvalue weighted by atomic mass is 9.95. The number of benzene rings is 1. The van der Waals surface area contributed by atoms with Crippen molar-refractivity contribution in [2.45, 2.75) is 78.5 Å². The van der Waals surface area contributed by atoms with Crippen LogP contribution in [0.1, 0.15) is 78.0 Å². The van der Waals surface area contributed by atoms with Crippen LogP contribution < -0.4 is 10.6 Å². The molecule has 0 heterocycles. The minimum atomic E-state index is -0.988. The Morgan fingerprint density at radius 2 is 1.91 bits per heavy atom. The number of carbonyl (C=O) groups is 3. The molecule has 1 aromatic carbocycles. The molecule has 196 valence electrons. The molecule has 0 saturated heterocycles. The Kier molecular flexibility index (Phi) is 12.5. The van der Waals surface area contributed by atoms with Crippen LogP contribution in [0.25, 0.3) is 6.08 Å². The zero-order chi connectivity index (χ0) is 26.6. The third kappa shape index (κ3) is 9.72. The third-order valence-electron chi connectivity index (χ3n) is 5.63. The molecular weight excluding hydrogens is 446 g/mol. The van der Waals surface area contributed by atoms with Gasteiger partial charge >= 0.3 is 6.09 Å². The van der Waals surface area contributed by atoms with Gasteiger partial charge in [-0.3, -0.25) is 9.59 Å². The molecule has 3 unspecified atom stereocenters. The molecule has 8 nitrogen and oxygen atoms in total. The average Bonchev–Trinajstić information content (AvgIpc) is 2.80. The van der Waals surface area contributed by atoms with Crippen LogP contribution in [-0.4, -0.2) is 59.3 Å². The molecule has 35 heavy (non-hydrogen) atoms. The van der Waals surface area contributed by atoms with Gasteiger partial charge in [0.2, 0.25) is 11.8 Å². The predicted molar refractivity (Wildman–Crippen MR) is 139 cm³/mol. The number of hydrogen-bond donors (Lipinski definition) is 3. The first-order chi connectivity index (χ1) is 16.5.